The number of likely N-dealkylation sites (N-methyl/N-ethyl adjacent to an activating group) is 1. The van der Waals surface area contributed by atoms with Gasteiger partial charge in [-0.3, -0.25) is 0 Å². The van der Waals surface area contributed by atoms with Gasteiger partial charge in [0.2, 0.25) is 5.89 Å². The van der Waals surface area contributed by atoms with Gasteiger partial charge < -0.3 is 9.84 Å². The molecule has 2 aliphatic rings. The molecular formula is C16H27N3OS. The smallest absolute Gasteiger partial charge is 0.228 e. The van der Waals surface area contributed by atoms with E-state index in [-0.39, 0.29) is 0 Å². The van der Waals surface area contributed by atoms with Crippen molar-refractivity contribution in [3.63, 3.8) is 0 Å². The molecule has 4 nitrogen and oxygen atoms in total. The highest BCUT2D eigenvalue weighted by molar-refractivity contribution is 7.99. The van der Waals surface area contributed by atoms with Gasteiger partial charge >= 0.3 is 0 Å². The maximum Gasteiger partial charge on any atom is 0.228 e. The van der Waals surface area contributed by atoms with Crippen molar-refractivity contribution in [1.29, 1.82) is 0 Å². The monoisotopic (exact) mass is 309 g/mol. The topological polar surface area (TPSA) is 51.0 Å². The van der Waals surface area contributed by atoms with Crippen molar-refractivity contribution < 1.29 is 4.52 Å². The minimum absolute atomic E-state index is 0.459. The van der Waals surface area contributed by atoms with E-state index in [0.717, 1.165) is 30.6 Å². The van der Waals surface area contributed by atoms with Gasteiger partial charge in [0.05, 0.1) is 5.25 Å². The lowest BCUT2D eigenvalue weighted by atomic mass is 9.95. The molecule has 5 heteroatoms. The molecule has 0 radical (unpaired) electrons. The van der Waals surface area contributed by atoms with Crippen LogP contribution in [0.1, 0.15) is 68.8 Å². The van der Waals surface area contributed by atoms with Gasteiger partial charge in [0.25, 0.3) is 0 Å². The van der Waals surface area contributed by atoms with E-state index in [1.54, 1.807) is 0 Å². The first-order chi connectivity index (χ1) is 10.4. The SMILES string of the molecule is CCNC(Cc1nc(C2CCCCS2)no1)C1CCCC1. The van der Waals surface area contributed by atoms with Crippen LogP contribution in [0.25, 0.3) is 0 Å². The van der Waals surface area contributed by atoms with Crippen LogP contribution < -0.4 is 5.32 Å². The third-order valence-corrected chi connectivity index (χ3v) is 6.15. The van der Waals surface area contributed by atoms with E-state index < -0.39 is 0 Å². The van der Waals surface area contributed by atoms with Crippen molar-refractivity contribution in [3.8, 4) is 0 Å². The third-order valence-electron chi connectivity index (χ3n) is 4.78. The van der Waals surface area contributed by atoms with Crippen LogP contribution in [-0.4, -0.2) is 28.5 Å². The highest BCUT2D eigenvalue weighted by Gasteiger charge is 2.27. The van der Waals surface area contributed by atoms with Crippen LogP contribution in [0.4, 0.5) is 0 Å². The summed E-state index contributed by atoms with van der Waals surface area (Å²) in [5.41, 5.74) is 0. The quantitative estimate of drug-likeness (QED) is 0.867. The Balaban J connectivity index is 1.61. The van der Waals surface area contributed by atoms with E-state index in [9.17, 15) is 0 Å². The van der Waals surface area contributed by atoms with Gasteiger partial charge in [-0.1, -0.05) is 31.3 Å². The molecule has 2 fully saturated rings. The molecule has 0 amide bonds. The fourth-order valence-electron chi connectivity index (χ4n) is 3.64. The lowest BCUT2D eigenvalue weighted by Crippen LogP contribution is -2.37. The Morgan fingerprint density at radius 2 is 2.05 bits per heavy atom. The molecule has 2 atom stereocenters. The van der Waals surface area contributed by atoms with Gasteiger partial charge in [-0.15, -0.1) is 0 Å². The van der Waals surface area contributed by atoms with Crippen molar-refractivity contribution in [2.24, 2.45) is 5.92 Å². The first-order valence-corrected chi connectivity index (χ1v) is 9.59. The minimum Gasteiger partial charge on any atom is -0.339 e. The van der Waals surface area contributed by atoms with Gasteiger partial charge in [0.1, 0.15) is 0 Å². The van der Waals surface area contributed by atoms with Crippen LogP contribution in [0, 0.1) is 5.92 Å². The molecule has 0 spiro atoms. The van der Waals surface area contributed by atoms with Gasteiger partial charge in [0.15, 0.2) is 5.82 Å². The van der Waals surface area contributed by atoms with Crippen LogP contribution in [0.3, 0.4) is 0 Å². The Labute approximate surface area is 131 Å². The maximum atomic E-state index is 5.54. The van der Waals surface area contributed by atoms with Gasteiger partial charge in [-0.2, -0.15) is 16.7 Å². The first-order valence-electron chi connectivity index (χ1n) is 8.54. The summed E-state index contributed by atoms with van der Waals surface area (Å²) in [5, 5.41) is 8.33. The van der Waals surface area contributed by atoms with Crippen LogP contribution in [0.2, 0.25) is 0 Å². The molecule has 1 aromatic heterocycles. The predicted molar refractivity (Wildman–Crippen MR) is 86.5 cm³/mol. The van der Waals surface area contributed by atoms with Crippen molar-refractivity contribution in [2.75, 3.05) is 12.3 Å². The Morgan fingerprint density at radius 3 is 2.76 bits per heavy atom. The average molecular weight is 309 g/mol. The first kappa shape index (κ1) is 15.3. The van der Waals surface area contributed by atoms with E-state index in [4.69, 9.17) is 4.52 Å². The molecule has 1 aliphatic carbocycles. The second-order valence-electron chi connectivity index (χ2n) is 6.31. The predicted octanol–water partition coefficient (Wildman–Crippen LogP) is 3.74. The summed E-state index contributed by atoms with van der Waals surface area (Å²) >= 11 is 1.98. The molecular weight excluding hydrogens is 282 g/mol. The van der Waals surface area contributed by atoms with E-state index in [2.05, 4.69) is 22.4 Å². The summed E-state index contributed by atoms with van der Waals surface area (Å²) in [6.07, 6.45) is 10.2. The second kappa shape index (κ2) is 7.63. The normalized spacial score (nSPS) is 25.3. The number of hydrogen-bond acceptors (Lipinski definition) is 5. The summed E-state index contributed by atoms with van der Waals surface area (Å²) in [5.74, 6) is 3.77. The maximum absolute atomic E-state index is 5.54. The third kappa shape index (κ3) is 4.01. The Morgan fingerprint density at radius 1 is 1.24 bits per heavy atom. The van der Waals surface area contributed by atoms with Crippen molar-refractivity contribution in [3.05, 3.63) is 11.7 Å². The number of nitrogens with zero attached hydrogens (tertiary/aromatic N) is 2. The zero-order valence-electron chi connectivity index (χ0n) is 13.0. The molecule has 3 rings (SSSR count). The molecule has 1 saturated carbocycles. The summed E-state index contributed by atoms with van der Waals surface area (Å²) < 4.78 is 5.54. The zero-order valence-corrected chi connectivity index (χ0v) is 13.8. The Hall–Kier alpha value is -0.550. The van der Waals surface area contributed by atoms with Gasteiger partial charge in [-0.05, 0) is 43.9 Å². The fraction of sp³-hybridized carbons (Fsp3) is 0.875. The Bertz CT molecular complexity index is 425. The average Bonchev–Trinajstić information content (AvgIpc) is 3.19. The van der Waals surface area contributed by atoms with Crippen LogP contribution in [0.15, 0.2) is 4.52 Å². The summed E-state index contributed by atoms with van der Waals surface area (Å²) in [6.45, 7) is 3.19. The van der Waals surface area contributed by atoms with Gasteiger partial charge in [-0.25, -0.2) is 0 Å². The molecule has 21 heavy (non-hydrogen) atoms. The van der Waals surface area contributed by atoms with Gasteiger partial charge in [0, 0.05) is 12.5 Å². The van der Waals surface area contributed by atoms with E-state index >= 15 is 0 Å². The lowest BCUT2D eigenvalue weighted by molar-refractivity contribution is 0.309. The van der Waals surface area contributed by atoms with Crippen LogP contribution >= 0.6 is 11.8 Å². The molecule has 2 unspecified atom stereocenters. The molecule has 2 heterocycles. The molecule has 1 saturated heterocycles. The number of hydrogen-bond donors (Lipinski definition) is 1. The van der Waals surface area contributed by atoms with Crippen molar-refractivity contribution in [2.45, 2.75) is 69.6 Å². The molecule has 1 aromatic rings. The summed E-state index contributed by atoms with van der Waals surface area (Å²) in [6, 6.07) is 0.504. The van der Waals surface area contributed by atoms with Crippen molar-refractivity contribution in [1.82, 2.24) is 15.5 Å². The zero-order chi connectivity index (χ0) is 14.5. The molecule has 118 valence electrons. The second-order valence-corrected chi connectivity index (χ2v) is 7.62. The number of nitrogens with one attached hydrogen (secondary N) is 1. The molecule has 1 N–H and O–H groups in total. The Kier molecular flexibility index (Phi) is 5.58. The van der Waals surface area contributed by atoms with E-state index in [0.29, 0.717) is 11.3 Å². The summed E-state index contributed by atoms with van der Waals surface area (Å²) in [7, 11) is 0. The largest absolute Gasteiger partial charge is 0.339 e. The highest BCUT2D eigenvalue weighted by Crippen LogP contribution is 2.37. The molecule has 1 aliphatic heterocycles. The molecule has 0 aromatic carbocycles. The number of rotatable bonds is 6. The van der Waals surface area contributed by atoms with Crippen LogP contribution in [0.5, 0.6) is 0 Å². The van der Waals surface area contributed by atoms with Crippen LogP contribution in [-0.2, 0) is 6.42 Å². The van der Waals surface area contributed by atoms with E-state index in [1.165, 1.54) is 50.7 Å². The fourth-order valence-corrected chi connectivity index (χ4v) is 4.88. The highest BCUT2D eigenvalue weighted by atomic mass is 32.2. The standard InChI is InChI=1S/C16H27N3OS/c1-2-17-13(12-7-3-4-8-12)11-15-18-16(19-20-15)14-9-5-6-10-21-14/h12-14,17H,2-11H2,1H3. The van der Waals surface area contributed by atoms with Crippen molar-refractivity contribution >= 4 is 11.8 Å². The molecule has 0 bridgehead atoms. The minimum atomic E-state index is 0.459. The number of aromatic nitrogens is 2. The number of thioether (sulfide) groups is 1. The van der Waals surface area contributed by atoms with E-state index in [1.807, 2.05) is 11.8 Å². The lowest BCUT2D eigenvalue weighted by Gasteiger charge is -2.22. The summed E-state index contributed by atoms with van der Waals surface area (Å²) in [4.78, 5) is 4.69.